The Balaban J connectivity index is 0.000000132. The molecule has 0 aliphatic carbocycles. The lowest BCUT2D eigenvalue weighted by Crippen LogP contribution is -1.79. The fraction of sp³-hybridized carbons (Fsp3) is 0.100. The predicted octanol–water partition coefficient (Wildman–Crippen LogP) is 1.99. The molecule has 13 heavy (non-hydrogen) atoms. The van der Waals surface area contributed by atoms with E-state index in [1.165, 1.54) is 5.56 Å². The third-order valence-electron chi connectivity index (χ3n) is 1.42. The van der Waals surface area contributed by atoms with Crippen molar-refractivity contribution in [3.63, 3.8) is 0 Å². The van der Waals surface area contributed by atoms with Gasteiger partial charge >= 0.3 is 0 Å². The zero-order valence-electron chi connectivity index (χ0n) is 7.57. The van der Waals surface area contributed by atoms with Gasteiger partial charge in [0, 0.05) is 18.6 Å². The van der Waals surface area contributed by atoms with Gasteiger partial charge < -0.3 is 10.7 Å². The number of hydrogen-bond acceptors (Lipinski definition) is 2. The lowest BCUT2D eigenvalue weighted by Gasteiger charge is -1.73. The van der Waals surface area contributed by atoms with Crippen molar-refractivity contribution >= 4 is 5.82 Å². The molecule has 0 amide bonds. The summed E-state index contributed by atoms with van der Waals surface area (Å²) in [4.78, 5) is 6.63. The molecule has 3 heteroatoms. The molecule has 2 heterocycles. The Morgan fingerprint density at radius 3 is 2.08 bits per heavy atom. The summed E-state index contributed by atoms with van der Waals surface area (Å²) in [6.45, 7) is 1.99. The lowest BCUT2D eigenvalue weighted by molar-refractivity contribution is 1.33. The van der Waals surface area contributed by atoms with E-state index in [4.69, 9.17) is 5.73 Å². The molecule has 0 spiro atoms. The first-order valence-corrected chi connectivity index (χ1v) is 4.04. The Kier molecular flexibility index (Phi) is 3.57. The minimum Gasteiger partial charge on any atom is -0.385 e. The molecule has 0 fully saturated rings. The SMILES string of the molecule is Cc1c[nH]c(N)c1.c1ccncc1. The molecule has 3 N–H and O–H groups in total. The molecule has 2 aromatic rings. The van der Waals surface area contributed by atoms with Crippen molar-refractivity contribution < 1.29 is 0 Å². The molecular formula is C10H13N3. The van der Waals surface area contributed by atoms with E-state index in [1.54, 1.807) is 12.4 Å². The number of nitrogen functional groups attached to an aromatic ring is 1. The number of anilines is 1. The number of aryl methyl sites for hydroxylation is 1. The van der Waals surface area contributed by atoms with Gasteiger partial charge in [-0.15, -0.1) is 0 Å². The Hall–Kier alpha value is -1.77. The van der Waals surface area contributed by atoms with Gasteiger partial charge in [0.15, 0.2) is 0 Å². The molecule has 0 radical (unpaired) electrons. The number of pyridine rings is 1. The Morgan fingerprint density at radius 2 is 1.92 bits per heavy atom. The first-order chi connectivity index (χ1) is 6.29. The molecule has 3 nitrogen and oxygen atoms in total. The largest absolute Gasteiger partial charge is 0.385 e. The number of nitrogens with one attached hydrogen (secondary N) is 1. The van der Waals surface area contributed by atoms with Crippen LogP contribution in [0, 0.1) is 6.92 Å². The van der Waals surface area contributed by atoms with E-state index in [1.807, 2.05) is 37.4 Å². The normalized spacial score (nSPS) is 8.69. The molecule has 0 aromatic carbocycles. The average Bonchev–Trinajstić information content (AvgIpc) is 2.54. The summed E-state index contributed by atoms with van der Waals surface area (Å²) < 4.78 is 0. The summed E-state index contributed by atoms with van der Waals surface area (Å²) >= 11 is 0. The third-order valence-corrected chi connectivity index (χ3v) is 1.42. The fourth-order valence-electron chi connectivity index (χ4n) is 0.838. The number of aromatic nitrogens is 2. The zero-order valence-corrected chi connectivity index (χ0v) is 7.57. The van der Waals surface area contributed by atoms with Crippen molar-refractivity contribution in [3.05, 3.63) is 48.4 Å². The smallest absolute Gasteiger partial charge is 0.100 e. The van der Waals surface area contributed by atoms with Crippen LogP contribution in [0.1, 0.15) is 5.56 Å². The van der Waals surface area contributed by atoms with E-state index in [0.717, 1.165) is 5.82 Å². The molecule has 0 aliphatic rings. The fourth-order valence-corrected chi connectivity index (χ4v) is 0.838. The van der Waals surface area contributed by atoms with Crippen LogP contribution in [0.2, 0.25) is 0 Å². The second-order valence-electron chi connectivity index (χ2n) is 2.66. The molecule has 0 saturated heterocycles. The summed E-state index contributed by atoms with van der Waals surface area (Å²) in [7, 11) is 0. The van der Waals surface area contributed by atoms with E-state index in [-0.39, 0.29) is 0 Å². The third kappa shape index (κ3) is 3.96. The van der Waals surface area contributed by atoms with Gasteiger partial charge in [-0.2, -0.15) is 0 Å². The van der Waals surface area contributed by atoms with Crippen LogP contribution in [0.5, 0.6) is 0 Å². The molecule has 0 bridgehead atoms. The Bertz CT molecular complexity index is 284. The van der Waals surface area contributed by atoms with Crippen LogP contribution in [-0.4, -0.2) is 9.97 Å². The van der Waals surface area contributed by atoms with Crippen molar-refractivity contribution in [1.82, 2.24) is 9.97 Å². The maximum atomic E-state index is 5.32. The Morgan fingerprint density at radius 1 is 1.23 bits per heavy atom. The van der Waals surface area contributed by atoms with E-state index in [9.17, 15) is 0 Å². The highest BCUT2D eigenvalue weighted by atomic mass is 14.8. The van der Waals surface area contributed by atoms with Crippen molar-refractivity contribution in [1.29, 1.82) is 0 Å². The number of H-pyrrole nitrogens is 1. The van der Waals surface area contributed by atoms with Gasteiger partial charge in [0.1, 0.15) is 5.82 Å². The van der Waals surface area contributed by atoms with Gasteiger partial charge in [0.25, 0.3) is 0 Å². The summed E-state index contributed by atoms with van der Waals surface area (Å²) in [5.74, 6) is 0.734. The van der Waals surface area contributed by atoms with E-state index < -0.39 is 0 Å². The molecule has 2 rings (SSSR count). The lowest BCUT2D eigenvalue weighted by atomic mass is 10.4. The monoisotopic (exact) mass is 175 g/mol. The van der Waals surface area contributed by atoms with Crippen LogP contribution in [0.4, 0.5) is 5.82 Å². The minimum atomic E-state index is 0.734. The molecule has 0 atom stereocenters. The van der Waals surface area contributed by atoms with Crippen molar-refractivity contribution in [2.75, 3.05) is 5.73 Å². The number of aromatic amines is 1. The van der Waals surface area contributed by atoms with Crippen LogP contribution in [0.25, 0.3) is 0 Å². The molecule has 0 aliphatic heterocycles. The second kappa shape index (κ2) is 4.98. The van der Waals surface area contributed by atoms with Crippen LogP contribution < -0.4 is 5.73 Å². The highest BCUT2D eigenvalue weighted by molar-refractivity contribution is 5.32. The first-order valence-electron chi connectivity index (χ1n) is 4.04. The van der Waals surface area contributed by atoms with Gasteiger partial charge in [-0.1, -0.05) is 6.07 Å². The van der Waals surface area contributed by atoms with Crippen LogP contribution in [0.3, 0.4) is 0 Å². The van der Waals surface area contributed by atoms with Gasteiger partial charge in [0.2, 0.25) is 0 Å². The van der Waals surface area contributed by atoms with Crippen molar-refractivity contribution in [2.24, 2.45) is 0 Å². The Labute approximate surface area is 77.6 Å². The maximum absolute atomic E-state index is 5.32. The van der Waals surface area contributed by atoms with E-state index in [0.29, 0.717) is 0 Å². The van der Waals surface area contributed by atoms with Crippen molar-refractivity contribution in [3.8, 4) is 0 Å². The van der Waals surface area contributed by atoms with Crippen molar-refractivity contribution in [2.45, 2.75) is 6.92 Å². The summed E-state index contributed by atoms with van der Waals surface area (Å²) in [5.41, 5.74) is 6.50. The molecule has 0 saturated carbocycles. The summed E-state index contributed by atoms with van der Waals surface area (Å²) in [6.07, 6.45) is 5.37. The van der Waals surface area contributed by atoms with Gasteiger partial charge in [-0.3, -0.25) is 4.98 Å². The predicted molar refractivity (Wildman–Crippen MR) is 54.2 cm³/mol. The highest BCUT2D eigenvalue weighted by Crippen LogP contribution is 2.00. The summed E-state index contributed by atoms with van der Waals surface area (Å²) in [6, 6.07) is 7.60. The number of hydrogen-bond donors (Lipinski definition) is 2. The number of nitrogens with zero attached hydrogens (tertiary/aromatic N) is 1. The minimum absolute atomic E-state index is 0.734. The average molecular weight is 175 g/mol. The summed E-state index contributed by atoms with van der Waals surface area (Å²) in [5, 5.41) is 0. The highest BCUT2D eigenvalue weighted by Gasteiger charge is 1.83. The zero-order chi connectivity index (χ0) is 9.52. The number of rotatable bonds is 0. The van der Waals surface area contributed by atoms with Crippen LogP contribution in [-0.2, 0) is 0 Å². The quantitative estimate of drug-likeness (QED) is 0.643. The van der Waals surface area contributed by atoms with Crippen LogP contribution in [0.15, 0.2) is 42.9 Å². The molecule has 0 unspecified atom stereocenters. The second-order valence-corrected chi connectivity index (χ2v) is 2.66. The van der Waals surface area contributed by atoms with Gasteiger partial charge in [0.05, 0.1) is 0 Å². The molecule has 2 aromatic heterocycles. The van der Waals surface area contributed by atoms with E-state index >= 15 is 0 Å². The van der Waals surface area contributed by atoms with Crippen LogP contribution >= 0.6 is 0 Å². The van der Waals surface area contributed by atoms with Gasteiger partial charge in [-0.25, -0.2) is 0 Å². The topological polar surface area (TPSA) is 54.7 Å². The van der Waals surface area contributed by atoms with Gasteiger partial charge in [-0.05, 0) is 30.7 Å². The molecule has 68 valence electrons. The van der Waals surface area contributed by atoms with E-state index in [2.05, 4.69) is 9.97 Å². The first kappa shape index (κ1) is 9.32. The standard InChI is InChI=1S/C5H8N2.C5H5N/c1-4-2-5(6)7-3-4;1-2-4-6-5-3-1/h2-3,7H,6H2,1H3;1-5H. The maximum Gasteiger partial charge on any atom is 0.100 e. The number of nitrogens with two attached hydrogens (primary N) is 1. The molecular weight excluding hydrogens is 162 g/mol.